The number of carbonyl (C=O) groups is 2. The van der Waals surface area contributed by atoms with Crippen LogP contribution in [0, 0.1) is 6.92 Å². The predicted molar refractivity (Wildman–Crippen MR) is 163 cm³/mol. The van der Waals surface area contributed by atoms with Crippen molar-refractivity contribution < 1.29 is 9.59 Å². The summed E-state index contributed by atoms with van der Waals surface area (Å²) in [6, 6.07) is 23.2. The Bertz CT molecular complexity index is 1230. The van der Waals surface area contributed by atoms with E-state index in [0.717, 1.165) is 47.9 Å². The van der Waals surface area contributed by atoms with Gasteiger partial charge in [-0.05, 0) is 48.6 Å². The lowest BCUT2D eigenvalue weighted by Gasteiger charge is -2.33. The number of halogens is 2. The van der Waals surface area contributed by atoms with Gasteiger partial charge in [-0.15, -0.1) is 11.8 Å². The van der Waals surface area contributed by atoms with E-state index in [1.807, 2.05) is 73.7 Å². The van der Waals surface area contributed by atoms with Gasteiger partial charge in [0.05, 0.1) is 15.8 Å². The van der Waals surface area contributed by atoms with E-state index in [0.29, 0.717) is 28.8 Å². The molecule has 3 aromatic carbocycles. The summed E-state index contributed by atoms with van der Waals surface area (Å²) in [6.07, 6.45) is 5.93. The normalized spacial score (nSPS) is 14.5. The fourth-order valence-electron chi connectivity index (χ4n) is 4.96. The second-order valence-corrected chi connectivity index (χ2v) is 12.1. The van der Waals surface area contributed by atoms with Gasteiger partial charge in [0.1, 0.15) is 6.04 Å². The third kappa shape index (κ3) is 9.02. The van der Waals surface area contributed by atoms with Crippen molar-refractivity contribution in [3.63, 3.8) is 0 Å². The van der Waals surface area contributed by atoms with Crippen molar-refractivity contribution in [2.24, 2.45) is 0 Å². The average Bonchev–Trinajstić information content (AvgIpc) is 2.94. The van der Waals surface area contributed by atoms with Gasteiger partial charge in [-0.25, -0.2) is 0 Å². The Morgan fingerprint density at radius 1 is 0.897 bits per heavy atom. The van der Waals surface area contributed by atoms with Crippen molar-refractivity contribution in [1.82, 2.24) is 10.2 Å². The molecule has 0 spiro atoms. The van der Waals surface area contributed by atoms with Gasteiger partial charge in [0.2, 0.25) is 11.8 Å². The smallest absolute Gasteiger partial charge is 0.243 e. The zero-order valence-corrected chi connectivity index (χ0v) is 24.7. The van der Waals surface area contributed by atoms with E-state index in [-0.39, 0.29) is 23.6 Å². The molecule has 0 bridgehead atoms. The Labute approximate surface area is 246 Å². The number of rotatable bonds is 11. The monoisotopic (exact) mass is 582 g/mol. The molecule has 0 saturated heterocycles. The van der Waals surface area contributed by atoms with Crippen LogP contribution in [0.4, 0.5) is 0 Å². The van der Waals surface area contributed by atoms with Gasteiger partial charge >= 0.3 is 0 Å². The third-order valence-electron chi connectivity index (χ3n) is 7.17. The van der Waals surface area contributed by atoms with Crippen LogP contribution in [0.15, 0.2) is 72.8 Å². The number of benzene rings is 3. The molecule has 1 aliphatic carbocycles. The lowest BCUT2D eigenvalue weighted by molar-refractivity contribution is -0.139. The molecule has 4 rings (SSSR count). The Hall–Kier alpha value is -2.47. The van der Waals surface area contributed by atoms with E-state index in [2.05, 4.69) is 5.32 Å². The number of nitrogens with zero attached hydrogens (tertiary/aromatic N) is 1. The molecule has 1 atom stereocenters. The van der Waals surface area contributed by atoms with Crippen LogP contribution in [-0.2, 0) is 28.3 Å². The maximum Gasteiger partial charge on any atom is 0.243 e. The second kappa shape index (κ2) is 14.8. The quantitative estimate of drug-likeness (QED) is 0.253. The van der Waals surface area contributed by atoms with Crippen molar-refractivity contribution in [2.45, 2.75) is 69.8 Å². The molecule has 1 unspecified atom stereocenters. The molecule has 0 heterocycles. The fourth-order valence-corrected chi connectivity index (χ4v) is 6.14. The highest BCUT2D eigenvalue weighted by Crippen LogP contribution is 2.25. The molecule has 0 aliphatic heterocycles. The van der Waals surface area contributed by atoms with E-state index in [4.69, 9.17) is 23.2 Å². The van der Waals surface area contributed by atoms with Crippen LogP contribution in [0.2, 0.25) is 10.0 Å². The largest absolute Gasteiger partial charge is 0.352 e. The summed E-state index contributed by atoms with van der Waals surface area (Å²) in [5.74, 6) is 0.758. The summed E-state index contributed by atoms with van der Waals surface area (Å²) < 4.78 is 0. The zero-order valence-electron chi connectivity index (χ0n) is 22.4. The Kier molecular flexibility index (Phi) is 11.2. The minimum atomic E-state index is -0.603. The van der Waals surface area contributed by atoms with Gasteiger partial charge < -0.3 is 10.2 Å². The maximum atomic E-state index is 13.8. The van der Waals surface area contributed by atoms with Gasteiger partial charge in [0, 0.05) is 24.8 Å². The van der Waals surface area contributed by atoms with E-state index in [1.165, 1.54) is 18.2 Å². The summed E-state index contributed by atoms with van der Waals surface area (Å²) in [4.78, 5) is 29.4. The molecule has 7 heteroatoms. The summed E-state index contributed by atoms with van der Waals surface area (Å²) in [7, 11) is 0. The first-order valence-corrected chi connectivity index (χ1v) is 15.5. The molecule has 0 aromatic heterocycles. The topological polar surface area (TPSA) is 49.4 Å². The third-order valence-corrected chi connectivity index (χ3v) is 8.90. The number of nitrogens with one attached hydrogen (secondary N) is 1. The van der Waals surface area contributed by atoms with Crippen LogP contribution in [0.3, 0.4) is 0 Å². The predicted octanol–water partition coefficient (Wildman–Crippen LogP) is 7.62. The van der Waals surface area contributed by atoms with Crippen LogP contribution in [0.1, 0.15) is 54.4 Å². The van der Waals surface area contributed by atoms with Crippen molar-refractivity contribution >= 4 is 46.8 Å². The van der Waals surface area contributed by atoms with Gasteiger partial charge in [-0.3, -0.25) is 9.59 Å². The number of aryl methyl sites for hydroxylation is 1. The Morgan fingerprint density at radius 2 is 1.59 bits per heavy atom. The fraction of sp³-hybridized carbons (Fsp3) is 0.375. The Balaban J connectivity index is 1.55. The number of hydrogen-bond acceptors (Lipinski definition) is 3. The van der Waals surface area contributed by atoms with Crippen molar-refractivity contribution in [1.29, 1.82) is 0 Å². The molecule has 3 aromatic rings. The molecule has 2 amide bonds. The molecule has 206 valence electrons. The number of carbonyl (C=O) groups excluding carboxylic acids is 2. The maximum absolute atomic E-state index is 13.8. The molecule has 1 saturated carbocycles. The molecule has 39 heavy (non-hydrogen) atoms. The molecule has 1 fully saturated rings. The van der Waals surface area contributed by atoms with E-state index in [9.17, 15) is 9.59 Å². The summed E-state index contributed by atoms with van der Waals surface area (Å²) in [6.45, 7) is 2.42. The van der Waals surface area contributed by atoms with Crippen LogP contribution in [0.25, 0.3) is 0 Å². The van der Waals surface area contributed by atoms with Crippen molar-refractivity contribution in [3.8, 4) is 0 Å². The van der Waals surface area contributed by atoms with Crippen LogP contribution in [0.5, 0.6) is 0 Å². The lowest BCUT2D eigenvalue weighted by atomic mass is 9.94. The summed E-state index contributed by atoms with van der Waals surface area (Å²) in [5.41, 5.74) is 4.20. The number of thioether (sulfide) groups is 1. The number of amides is 2. The van der Waals surface area contributed by atoms with Crippen LogP contribution < -0.4 is 5.32 Å². The van der Waals surface area contributed by atoms with E-state index in [1.54, 1.807) is 11.0 Å². The SMILES string of the molecule is Cc1ccc(CN(C(=O)CSCc2ccc(Cl)c(Cl)c2)C(Cc2ccccc2)C(=O)NC2CCCCC2)cc1. The number of hydrogen-bond donors (Lipinski definition) is 1. The minimum Gasteiger partial charge on any atom is -0.352 e. The van der Waals surface area contributed by atoms with Crippen LogP contribution >= 0.6 is 35.0 Å². The van der Waals surface area contributed by atoms with Gasteiger partial charge in [-0.1, -0.05) is 109 Å². The van der Waals surface area contributed by atoms with E-state index < -0.39 is 6.04 Å². The highest BCUT2D eigenvalue weighted by Gasteiger charge is 2.31. The zero-order chi connectivity index (χ0) is 27.6. The summed E-state index contributed by atoms with van der Waals surface area (Å²) >= 11 is 13.8. The van der Waals surface area contributed by atoms with E-state index >= 15 is 0 Å². The highest BCUT2D eigenvalue weighted by molar-refractivity contribution is 7.99. The first kappa shape index (κ1) is 29.5. The standard InChI is InChI=1S/C32H36Cl2N2O2S/c1-23-12-14-25(15-13-23)20-36(31(37)22-39-21-26-16-17-28(33)29(34)18-26)30(19-24-8-4-2-5-9-24)32(38)35-27-10-6-3-7-11-27/h2,4-5,8-9,12-18,27,30H,3,6-7,10-11,19-22H2,1H3,(H,35,38). The molecule has 1 aliphatic rings. The Morgan fingerprint density at radius 3 is 2.28 bits per heavy atom. The minimum absolute atomic E-state index is 0.0552. The molecular weight excluding hydrogens is 547 g/mol. The second-order valence-electron chi connectivity index (χ2n) is 10.3. The van der Waals surface area contributed by atoms with Crippen molar-refractivity contribution in [2.75, 3.05) is 5.75 Å². The first-order valence-electron chi connectivity index (χ1n) is 13.6. The van der Waals surface area contributed by atoms with Gasteiger partial charge in [0.25, 0.3) is 0 Å². The van der Waals surface area contributed by atoms with Gasteiger partial charge in [-0.2, -0.15) is 0 Å². The van der Waals surface area contributed by atoms with Crippen molar-refractivity contribution in [3.05, 3.63) is 105 Å². The first-order chi connectivity index (χ1) is 18.9. The molecular formula is C32H36Cl2N2O2S. The summed E-state index contributed by atoms with van der Waals surface area (Å²) in [5, 5.41) is 4.31. The molecule has 0 radical (unpaired) electrons. The van der Waals surface area contributed by atoms with Gasteiger partial charge in [0.15, 0.2) is 0 Å². The average molecular weight is 584 g/mol. The van der Waals surface area contributed by atoms with Crippen LogP contribution in [-0.4, -0.2) is 34.6 Å². The lowest BCUT2D eigenvalue weighted by Crippen LogP contribution is -2.53. The molecule has 1 N–H and O–H groups in total. The highest BCUT2D eigenvalue weighted by atomic mass is 35.5. The molecule has 4 nitrogen and oxygen atoms in total.